The number of hydrogen-bond donors (Lipinski definition) is 1. The molecule has 20 heavy (non-hydrogen) atoms. The Morgan fingerprint density at radius 3 is 2.50 bits per heavy atom. The summed E-state index contributed by atoms with van der Waals surface area (Å²) < 4.78 is 43.7. The van der Waals surface area contributed by atoms with Crippen molar-refractivity contribution < 1.29 is 23.0 Å². The molecule has 2 atom stereocenters. The average molecular weight is 286 g/mol. The molecule has 2 aliphatic rings. The largest absolute Gasteiger partial charge is 0.490 e. The summed E-state index contributed by atoms with van der Waals surface area (Å²) in [4.78, 5) is 0. The van der Waals surface area contributed by atoms with Crippen molar-refractivity contribution in [2.45, 2.75) is 50.5 Å². The van der Waals surface area contributed by atoms with E-state index in [1.54, 1.807) is 6.07 Å². The second kappa shape index (κ2) is 4.65. The molecule has 0 heterocycles. The van der Waals surface area contributed by atoms with Crippen molar-refractivity contribution in [3.8, 4) is 5.75 Å². The molecule has 0 amide bonds. The number of halogens is 3. The monoisotopic (exact) mass is 286 g/mol. The van der Waals surface area contributed by atoms with Gasteiger partial charge in [-0.3, -0.25) is 0 Å². The minimum absolute atomic E-state index is 0.163. The minimum atomic E-state index is -4.36. The highest BCUT2D eigenvalue weighted by molar-refractivity contribution is 5.31. The zero-order valence-corrected chi connectivity index (χ0v) is 11.0. The number of alkyl halides is 3. The predicted molar refractivity (Wildman–Crippen MR) is 67.4 cm³/mol. The molecule has 5 heteroatoms. The molecule has 1 N–H and O–H groups in total. The van der Waals surface area contributed by atoms with Gasteiger partial charge in [0.05, 0.1) is 11.7 Å². The van der Waals surface area contributed by atoms with Gasteiger partial charge in [0.25, 0.3) is 0 Å². The van der Waals surface area contributed by atoms with Crippen molar-refractivity contribution in [3.05, 3.63) is 29.8 Å². The fourth-order valence-corrected chi connectivity index (χ4v) is 3.49. The van der Waals surface area contributed by atoms with Gasteiger partial charge in [-0.2, -0.15) is 13.2 Å². The maximum absolute atomic E-state index is 12.7. The van der Waals surface area contributed by atoms with E-state index in [0.717, 1.165) is 37.8 Å². The molecule has 3 rings (SSSR count). The molecule has 2 unspecified atom stereocenters. The third kappa shape index (κ3) is 2.18. The van der Waals surface area contributed by atoms with Crippen molar-refractivity contribution in [1.82, 2.24) is 0 Å². The molecular formula is C15H17F3O2. The van der Waals surface area contributed by atoms with Gasteiger partial charge < -0.3 is 9.84 Å². The highest BCUT2D eigenvalue weighted by Crippen LogP contribution is 2.54. The van der Waals surface area contributed by atoms with Crippen LogP contribution in [-0.4, -0.2) is 17.3 Å². The number of aliphatic hydroxyl groups is 1. The van der Waals surface area contributed by atoms with E-state index in [1.807, 2.05) is 0 Å². The second-order valence-electron chi connectivity index (χ2n) is 5.82. The van der Waals surface area contributed by atoms with Gasteiger partial charge in [0.2, 0.25) is 0 Å². The van der Waals surface area contributed by atoms with Gasteiger partial charge >= 0.3 is 6.18 Å². The molecule has 2 fully saturated rings. The van der Waals surface area contributed by atoms with Crippen molar-refractivity contribution in [2.24, 2.45) is 5.41 Å². The fraction of sp³-hybridized carbons (Fsp3) is 0.600. The van der Waals surface area contributed by atoms with Gasteiger partial charge in [0.1, 0.15) is 11.9 Å². The zero-order valence-electron chi connectivity index (χ0n) is 11.0. The second-order valence-corrected chi connectivity index (χ2v) is 5.82. The number of hydrogen-bond acceptors (Lipinski definition) is 2. The van der Waals surface area contributed by atoms with Crippen LogP contribution in [0.4, 0.5) is 13.2 Å². The van der Waals surface area contributed by atoms with Gasteiger partial charge in [-0.05, 0) is 31.0 Å². The standard InChI is InChI=1S/C15H17F3O2/c16-15(17,18)10-4-3-5-11(8-10)20-13-9-12(19)14(13)6-1-2-7-14/h3-5,8,12-13,19H,1-2,6-7,9H2. The topological polar surface area (TPSA) is 29.5 Å². The highest BCUT2D eigenvalue weighted by Gasteiger charge is 2.57. The molecule has 110 valence electrons. The van der Waals surface area contributed by atoms with Crippen LogP contribution in [-0.2, 0) is 6.18 Å². The maximum atomic E-state index is 12.7. The normalized spacial score (nSPS) is 28.4. The van der Waals surface area contributed by atoms with Crippen LogP contribution < -0.4 is 4.74 Å². The number of rotatable bonds is 2. The summed E-state index contributed by atoms with van der Waals surface area (Å²) in [6.07, 6.45) is -0.474. The van der Waals surface area contributed by atoms with Crippen molar-refractivity contribution in [1.29, 1.82) is 0 Å². The SMILES string of the molecule is OC1CC(Oc2cccc(C(F)(F)F)c2)C12CCCC2. The summed E-state index contributed by atoms with van der Waals surface area (Å²) in [5.74, 6) is 0.239. The lowest BCUT2D eigenvalue weighted by Gasteiger charge is -2.51. The molecule has 0 aromatic heterocycles. The van der Waals surface area contributed by atoms with Crippen LogP contribution in [0.5, 0.6) is 5.75 Å². The highest BCUT2D eigenvalue weighted by atomic mass is 19.4. The lowest BCUT2D eigenvalue weighted by molar-refractivity contribution is -0.153. The van der Waals surface area contributed by atoms with Crippen LogP contribution in [0.15, 0.2) is 24.3 Å². The Hall–Kier alpha value is -1.23. The summed E-state index contributed by atoms with van der Waals surface area (Å²) in [5.41, 5.74) is -0.927. The molecule has 0 radical (unpaired) electrons. The van der Waals surface area contributed by atoms with Crippen LogP contribution in [0, 0.1) is 5.41 Å². The molecule has 0 saturated heterocycles. The molecule has 2 aliphatic carbocycles. The fourth-order valence-electron chi connectivity index (χ4n) is 3.49. The van der Waals surface area contributed by atoms with Crippen LogP contribution >= 0.6 is 0 Å². The van der Waals surface area contributed by atoms with Crippen LogP contribution in [0.3, 0.4) is 0 Å². The molecule has 0 aliphatic heterocycles. The summed E-state index contributed by atoms with van der Waals surface area (Å²) in [6, 6.07) is 4.97. The Balaban J connectivity index is 1.76. The smallest absolute Gasteiger partial charge is 0.416 e. The third-order valence-corrected chi connectivity index (χ3v) is 4.72. The molecule has 2 nitrogen and oxygen atoms in total. The van der Waals surface area contributed by atoms with Crippen LogP contribution in [0.2, 0.25) is 0 Å². The molecule has 0 bridgehead atoms. The first-order chi connectivity index (χ1) is 9.42. The van der Waals surface area contributed by atoms with E-state index in [2.05, 4.69) is 0 Å². The van der Waals surface area contributed by atoms with E-state index in [9.17, 15) is 18.3 Å². The zero-order chi connectivity index (χ0) is 14.4. The molecule has 1 aromatic rings. The average Bonchev–Trinajstić information content (AvgIpc) is 2.90. The van der Waals surface area contributed by atoms with E-state index >= 15 is 0 Å². The first-order valence-electron chi connectivity index (χ1n) is 6.94. The lowest BCUT2D eigenvalue weighted by Crippen LogP contribution is -2.58. The maximum Gasteiger partial charge on any atom is 0.416 e. The Morgan fingerprint density at radius 1 is 1.20 bits per heavy atom. The van der Waals surface area contributed by atoms with E-state index < -0.39 is 11.7 Å². The number of benzene rings is 1. The van der Waals surface area contributed by atoms with Crippen molar-refractivity contribution in [3.63, 3.8) is 0 Å². The summed E-state index contributed by atoms with van der Waals surface area (Å²) in [5, 5.41) is 9.97. The van der Waals surface area contributed by atoms with E-state index in [-0.39, 0.29) is 23.4 Å². The lowest BCUT2D eigenvalue weighted by atomic mass is 9.62. The number of ether oxygens (including phenoxy) is 1. The van der Waals surface area contributed by atoms with Gasteiger partial charge in [-0.25, -0.2) is 0 Å². The van der Waals surface area contributed by atoms with E-state index in [1.165, 1.54) is 6.07 Å². The molecule has 1 spiro atoms. The van der Waals surface area contributed by atoms with Gasteiger partial charge in [-0.1, -0.05) is 18.9 Å². The van der Waals surface area contributed by atoms with Gasteiger partial charge in [0, 0.05) is 11.8 Å². The summed E-state index contributed by atoms with van der Waals surface area (Å²) in [6.45, 7) is 0. The van der Waals surface area contributed by atoms with Crippen LogP contribution in [0.25, 0.3) is 0 Å². The van der Waals surface area contributed by atoms with Crippen molar-refractivity contribution in [2.75, 3.05) is 0 Å². The van der Waals surface area contributed by atoms with E-state index in [0.29, 0.717) is 6.42 Å². The first kappa shape index (κ1) is 13.7. The van der Waals surface area contributed by atoms with Crippen LogP contribution in [0.1, 0.15) is 37.7 Å². The minimum Gasteiger partial charge on any atom is -0.490 e. The first-order valence-corrected chi connectivity index (χ1v) is 6.94. The molecule has 2 saturated carbocycles. The number of aliphatic hydroxyl groups excluding tert-OH is 1. The summed E-state index contributed by atoms with van der Waals surface area (Å²) >= 11 is 0. The molecule has 1 aromatic carbocycles. The Kier molecular flexibility index (Phi) is 3.20. The summed E-state index contributed by atoms with van der Waals surface area (Å²) in [7, 11) is 0. The van der Waals surface area contributed by atoms with Gasteiger partial charge in [-0.15, -0.1) is 0 Å². The van der Waals surface area contributed by atoms with E-state index in [4.69, 9.17) is 4.74 Å². The Bertz CT molecular complexity index is 492. The quantitative estimate of drug-likeness (QED) is 0.896. The Morgan fingerprint density at radius 2 is 1.90 bits per heavy atom. The van der Waals surface area contributed by atoms with Crippen molar-refractivity contribution >= 4 is 0 Å². The predicted octanol–water partition coefficient (Wildman–Crippen LogP) is 3.78. The Labute approximate surface area is 115 Å². The van der Waals surface area contributed by atoms with Gasteiger partial charge in [0.15, 0.2) is 0 Å². The third-order valence-electron chi connectivity index (χ3n) is 4.72. The molecular weight excluding hydrogens is 269 g/mol.